The second-order valence-electron chi connectivity index (χ2n) is 6.41. The Bertz CT molecular complexity index is 950. The van der Waals surface area contributed by atoms with Gasteiger partial charge < -0.3 is 5.11 Å². The van der Waals surface area contributed by atoms with E-state index in [9.17, 15) is 4.79 Å². The molecule has 3 aromatic heterocycles. The van der Waals surface area contributed by atoms with E-state index in [4.69, 9.17) is 10.2 Å². The summed E-state index contributed by atoms with van der Waals surface area (Å²) in [5.74, 6) is -0.745. The summed E-state index contributed by atoms with van der Waals surface area (Å²) in [6.45, 7) is 4.15. The zero-order valence-corrected chi connectivity index (χ0v) is 16.6. The summed E-state index contributed by atoms with van der Waals surface area (Å²) in [5, 5.41) is 13.7. The molecule has 0 saturated carbocycles. The summed E-state index contributed by atoms with van der Waals surface area (Å²) in [6, 6.07) is 6.30. The molecule has 0 spiro atoms. The highest BCUT2D eigenvalue weighted by molar-refractivity contribution is 9.10. The predicted molar refractivity (Wildman–Crippen MR) is 105 cm³/mol. The molecule has 0 bridgehead atoms. The lowest BCUT2D eigenvalue weighted by atomic mass is 9.95. The van der Waals surface area contributed by atoms with Gasteiger partial charge in [-0.1, -0.05) is 6.92 Å². The lowest BCUT2D eigenvalue weighted by molar-refractivity contribution is -0.137. The van der Waals surface area contributed by atoms with Crippen molar-refractivity contribution in [3.8, 4) is 11.1 Å². The van der Waals surface area contributed by atoms with Gasteiger partial charge in [0.25, 0.3) is 0 Å². The van der Waals surface area contributed by atoms with Crippen molar-refractivity contribution >= 4 is 27.4 Å². The Morgan fingerprint density at radius 2 is 2.08 bits per heavy atom. The molecule has 1 N–H and O–H groups in total. The Morgan fingerprint density at radius 1 is 1.27 bits per heavy atom. The molecule has 6 heteroatoms. The van der Waals surface area contributed by atoms with Crippen LogP contribution in [-0.2, 0) is 17.6 Å². The lowest BCUT2D eigenvalue weighted by Gasteiger charge is -2.15. The van der Waals surface area contributed by atoms with Crippen molar-refractivity contribution in [2.45, 2.75) is 46.0 Å². The Hall–Kier alpha value is -2.21. The maximum absolute atomic E-state index is 10.8. The van der Waals surface area contributed by atoms with Crippen LogP contribution in [0.5, 0.6) is 0 Å². The van der Waals surface area contributed by atoms with Crippen LogP contribution in [0.15, 0.2) is 35.1 Å². The molecule has 5 nitrogen and oxygen atoms in total. The molecule has 3 aromatic rings. The molecule has 3 rings (SSSR count). The van der Waals surface area contributed by atoms with Gasteiger partial charge in [0.15, 0.2) is 0 Å². The SMILES string of the molecule is CCc1ccc2c(-c3cncc(Br)c3)c(CCCCC(=O)O)c(C)nn12. The van der Waals surface area contributed by atoms with Crippen molar-refractivity contribution < 1.29 is 9.90 Å². The molecule has 26 heavy (non-hydrogen) atoms. The Morgan fingerprint density at radius 3 is 2.77 bits per heavy atom. The third-order valence-electron chi connectivity index (χ3n) is 4.60. The van der Waals surface area contributed by atoms with Crippen molar-refractivity contribution in [2.24, 2.45) is 0 Å². The van der Waals surface area contributed by atoms with E-state index in [2.05, 4.69) is 46.0 Å². The van der Waals surface area contributed by atoms with Gasteiger partial charge in [-0.15, -0.1) is 0 Å². The fourth-order valence-corrected chi connectivity index (χ4v) is 3.71. The molecule has 0 unspecified atom stereocenters. The van der Waals surface area contributed by atoms with Crippen LogP contribution >= 0.6 is 15.9 Å². The molecule has 0 aliphatic heterocycles. The summed E-state index contributed by atoms with van der Waals surface area (Å²) < 4.78 is 2.95. The number of carboxylic acids is 1. The first kappa shape index (κ1) is 18.6. The lowest BCUT2D eigenvalue weighted by Crippen LogP contribution is -2.06. The van der Waals surface area contributed by atoms with Crippen molar-refractivity contribution in [3.63, 3.8) is 0 Å². The van der Waals surface area contributed by atoms with E-state index in [0.29, 0.717) is 6.42 Å². The van der Waals surface area contributed by atoms with Crippen molar-refractivity contribution in [3.05, 3.63) is 52.0 Å². The summed E-state index contributed by atoms with van der Waals surface area (Å²) in [4.78, 5) is 15.1. The number of aromatic nitrogens is 3. The van der Waals surface area contributed by atoms with E-state index in [1.54, 1.807) is 6.20 Å². The van der Waals surface area contributed by atoms with E-state index < -0.39 is 5.97 Å². The third kappa shape index (κ3) is 3.80. The van der Waals surface area contributed by atoms with E-state index in [1.807, 2.05) is 17.6 Å². The quantitative estimate of drug-likeness (QED) is 0.561. The molecule has 0 fully saturated rings. The summed E-state index contributed by atoms with van der Waals surface area (Å²) in [6.07, 6.45) is 7.05. The molecule has 136 valence electrons. The molecule has 0 aliphatic carbocycles. The summed E-state index contributed by atoms with van der Waals surface area (Å²) in [5.41, 5.74) is 6.58. The van der Waals surface area contributed by atoms with E-state index >= 15 is 0 Å². The minimum absolute atomic E-state index is 0.202. The van der Waals surface area contributed by atoms with Gasteiger partial charge in [0, 0.05) is 40.1 Å². The molecule has 3 heterocycles. The van der Waals surface area contributed by atoms with Gasteiger partial charge in [0.1, 0.15) is 0 Å². The first-order chi connectivity index (χ1) is 12.5. The number of nitrogens with zero attached hydrogens (tertiary/aromatic N) is 3. The standard InChI is InChI=1S/C20H22BrN3O2/c1-3-16-8-9-18-20(14-10-15(21)12-22-11-14)17(13(2)23-24(16)18)6-4-5-7-19(25)26/h8-12H,3-7H2,1-2H3,(H,25,26). The largest absolute Gasteiger partial charge is 0.481 e. The first-order valence-electron chi connectivity index (χ1n) is 8.84. The molecule has 0 atom stereocenters. The van der Waals surface area contributed by atoms with Gasteiger partial charge in [-0.3, -0.25) is 9.78 Å². The van der Waals surface area contributed by atoms with Crippen LogP contribution in [0.4, 0.5) is 0 Å². The van der Waals surface area contributed by atoms with E-state index in [0.717, 1.165) is 46.1 Å². The molecule has 0 aliphatic rings. The number of halogens is 1. The highest BCUT2D eigenvalue weighted by Gasteiger charge is 2.17. The van der Waals surface area contributed by atoms with Gasteiger partial charge in [-0.05, 0) is 72.3 Å². The third-order valence-corrected chi connectivity index (χ3v) is 5.04. The maximum atomic E-state index is 10.8. The average Bonchev–Trinajstić information content (AvgIpc) is 3.00. The smallest absolute Gasteiger partial charge is 0.303 e. The van der Waals surface area contributed by atoms with Crippen LogP contribution in [-0.4, -0.2) is 25.7 Å². The van der Waals surface area contributed by atoms with Crippen molar-refractivity contribution in [2.75, 3.05) is 0 Å². The second kappa shape index (κ2) is 7.99. The number of aliphatic carboxylic acids is 1. The number of pyridine rings is 1. The number of aryl methyl sites for hydroxylation is 2. The van der Waals surface area contributed by atoms with Crippen LogP contribution in [0.2, 0.25) is 0 Å². The average molecular weight is 416 g/mol. The molecular weight excluding hydrogens is 394 g/mol. The van der Waals surface area contributed by atoms with Crippen molar-refractivity contribution in [1.29, 1.82) is 0 Å². The maximum Gasteiger partial charge on any atom is 0.303 e. The Balaban J connectivity index is 2.11. The Labute approximate surface area is 161 Å². The highest BCUT2D eigenvalue weighted by atomic mass is 79.9. The molecule has 0 amide bonds. The number of carbonyl (C=O) groups is 1. The number of rotatable bonds is 7. The minimum Gasteiger partial charge on any atom is -0.481 e. The Kier molecular flexibility index (Phi) is 5.71. The van der Waals surface area contributed by atoms with Gasteiger partial charge in [-0.25, -0.2) is 4.52 Å². The molecular formula is C20H22BrN3O2. The minimum atomic E-state index is -0.745. The zero-order valence-electron chi connectivity index (χ0n) is 15.0. The molecule has 0 radical (unpaired) electrons. The van der Waals surface area contributed by atoms with E-state index in [-0.39, 0.29) is 6.42 Å². The van der Waals surface area contributed by atoms with Gasteiger partial charge >= 0.3 is 5.97 Å². The predicted octanol–water partition coefficient (Wildman–Crippen LogP) is 4.83. The zero-order chi connectivity index (χ0) is 18.7. The van der Waals surface area contributed by atoms with Gasteiger partial charge in [0.05, 0.1) is 11.2 Å². The highest BCUT2D eigenvalue weighted by Crippen LogP contribution is 2.33. The van der Waals surface area contributed by atoms with Crippen LogP contribution in [0.1, 0.15) is 43.1 Å². The number of carboxylic acid groups (broad SMARTS) is 1. The van der Waals surface area contributed by atoms with Crippen LogP contribution in [0, 0.1) is 6.92 Å². The first-order valence-corrected chi connectivity index (χ1v) is 9.63. The molecule has 0 saturated heterocycles. The van der Waals surface area contributed by atoms with Crippen LogP contribution in [0.3, 0.4) is 0 Å². The van der Waals surface area contributed by atoms with Gasteiger partial charge in [0.2, 0.25) is 0 Å². The normalized spacial score (nSPS) is 11.2. The topological polar surface area (TPSA) is 67.5 Å². The van der Waals surface area contributed by atoms with E-state index in [1.165, 1.54) is 11.3 Å². The fourth-order valence-electron chi connectivity index (χ4n) is 3.35. The van der Waals surface area contributed by atoms with Gasteiger partial charge in [-0.2, -0.15) is 5.10 Å². The van der Waals surface area contributed by atoms with Crippen LogP contribution < -0.4 is 0 Å². The number of unbranched alkanes of at least 4 members (excludes halogenated alkanes) is 1. The summed E-state index contributed by atoms with van der Waals surface area (Å²) >= 11 is 3.52. The molecule has 0 aromatic carbocycles. The van der Waals surface area contributed by atoms with Crippen LogP contribution in [0.25, 0.3) is 16.6 Å². The van der Waals surface area contributed by atoms with Crippen molar-refractivity contribution in [1.82, 2.24) is 14.6 Å². The number of hydrogen-bond acceptors (Lipinski definition) is 3. The fraction of sp³-hybridized carbons (Fsp3) is 0.350. The summed E-state index contributed by atoms with van der Waals surface area (Å²) in [7, 11) is 0. The monoisotopic (exact) mass is 415 g/mol. The number of hydrogen-bond donors (Lipinski definition) is 1. The number of fused-ring (bicyclic) bond motifs is 1. The second-order valence-corrected chi connectivity index (χ2v) is 7.32.